The Hall–Kier alpha value is -0.360. The predicted molar refractivity (Wildman–Crippen MR) is 92.1 cm³/mol. The maximum absolute atomic E-state index is 11.4. The fourth-order valence-electron chi connectivity index (χ4n) is 1.83. The summed E-state index contributed by atoms with van der Waals surface area (Å²) < 4.78 is 21.1. The third-order valence-electron chi connectivity index (χ3n) is 3.05. The van der Waals surface area contributed by atoms with Gasteiger partial charge >= 0.3 is 5.97 Å². The standard InChI is InChI=1S/C17H33ClO5/c1-2-10-20-15-16-23-17(19)8-7-12-22-14-13-21-11-6-4-3-5-9-18/h2-16H2,1H3. The Morgan fingerprint density at radius 1 is 0.739 bits per heavy atom. The first-order valence-corrected chi connectivity index (χ1v) is 9.29. The zero-order chi connectivity index (χ0) is 17.0. The third kappa shape index (κ3) is 19.6. The average molecular weight is 353 g/mol. The molecule has 0 saturated carbocycles. The molecule has 0 atom stereocenters. The van der Waals surface area contributed by atoms with E-state index >= 15 is 0 Å². The monoisotopic (exact) mass is 352 g/mol. The van der Waals surface area contributed by atoms with E-state index in [9.17, 15) is 4.79 Å². The first kappa shape index (κ1) is 22.6. The summed E-state index contributed by atoms with van der Waals surface area (Å²) in [6.07, 6.45) is 6.53. The Bertz CT molecular complexity index is 251. The fraction of sp³-hybridized carbons (Fsp3) is 0.941. The molecule has 0 aliphatic rings. The molecule has 0 bridgehead atoms. The van der Waals surface area contributed by atoms with Gasteiger partial charge in [0.05, 0.1) is 19.8 Å². The van der Waals surface area contributed by atoms with Crippen LogP contribution in [-0.2, 0) is 23.7 Å². The summed E-state index contributed by atoms with van der Waals surface area (Å²) >= 11 is 5.60. The van der Waals surface area contributed by atoms with Crippen LogP contribution in [0.5, 0.6) is 0 Å². The minimum absolute atomic E-state index is 0.193. The number of rotatable bonds is 18. The van der Waals surface area contributed by atoms with Crippen molar-refractivity contribution in [3.8, 4) is 0 Å². The van der Waals surface area contributed by atoms with Crippen LogP contribution in [-0.4, -0.2) is 58.1 Å². The lowest BCUT2D eigenvalue weighted by Gasteiger charge is -2.07. The zero-order valence-corrected chi connectivity index (χ0v) is 15.3. The van der Waals surface area contributed by atoms with Crippen molar-refractivity contribution in [2.24, 2.45) is 0 Å². The second-order valence-electron chi connectivity index (χ2n) is 5.26. The van der Waals surface area contributed by atoms with E-state index < -0.39 is 0 Å². The molecule has 5 nitrogen and oxygen atoms in total. The van der Waals surface area contributed by atoms with Gasteiger partial charge in [0.25, 0.3) is 0 Å². The molecule has 0 aliphatic heterocycles. The second kappa shape index (κ2) is 19.7. The molecule has 0 radical (unpaired) electrons. The Morgan fingerprint density at radius 3 is 2.04 bits per heavy atom. The number of unbranched alkanes of at least 4 members (excludes halogenated alkanes) is 3. The van der Waals surface area contributed by atoms with Gasteiger partial charge in [0.15, 0.2) is 0 Å². The summed E-state index contributed by atoms with van der Waals surface area (Å²) in [5, 5.41) is 0. The van der Waals surface area contributed by atoms with Crippen molar-refractivity contribution in [1.82, 2.24) is 0 Å². The van der Waals surface area contributed by atoms with Crippen LogP contribution in [0.4, 0.5) is 0 Å². The maximum Gasteiger partial charge on any atom is 0.305 e. The molecule has 0 spiro atoms. The molecular weight excluding hydrogens is 320 g/mol. The van der Waals surface area contributed by atoms with Gasteiger partial charge in [-0.2, -0.15) is 0 Å². The number of alkyl halides is 1. The van der Waals surface area contributed by atoms with Crippen molar-refractivity contribution in [3.63, 3.8) is 0 Å². The van der Waals surface area contributed by atoms with Crippen LogP contribution in [0.2, 0.25) is 0 Å². The summed E-state index contributed by atoms with van der Waals surface area (Å²) in [7, 11) is 0. The maximum atomic E-state index is 11.4. The summed E-state index contributed by atoms with van der Waals surface area (Å²) in [4.78, 5) is 11.4. The minimum atomic E-state index is -0.193. The number of carbonyl (C=O) groups is 1. The van der Waals surface area contributed by atoms with Crippen LogP contribution in [0.15, 0.2) is 0 Å². The SMILES string of the molecule is CCCOCCOC(=O)CCCOCCOCCCCCCCl. The van der Waals surface area contributed by atoms with Gasteiger partial charge in [0, 0.05) is 32.1 Å². The summed E-state index contributed by atoms with van der Waals surface area (Å²) in [6, 6.07) is 0. The van der Waals surface area contributed by atoms with Gasteiger partial charge in [0.1, 0.15) is 6.61 Å². The topological polar surface area (TPSA) is 54.0 Å². The molecule has 0 amide bonds. The summed E-state index contributed by atoms with van der Waals surface area (Å²) in [5.74, 6) is 0.552. The van der Waals surface area contributed by atoms with Crippen LogP contribution < -0.4 is 0 Å². The number of ether oxygens (including phenoxy) is 4. The minimum Gasteiger partial charge on any atom is -0.463 e. The van der Waals surface area contributed by atoms with Crippen molar-refractivity contribution >= 4 is 17.6 Å². The number of halogens is 1. The molecule has 0 fully saturated rings. The van der Waals surface area contributed by atoms with Gasteiger partial charge in [0.2, 0.25) is 0 Å². The first-order valence-electron chi connectivity index (χ1n) is 8.76. The molecule has 0 aliphatic carbocycles. The largest absolute Gasteiger partial charge is 0.463 e. The molecule has 6 heteroatoms. The highest BCUT2D eigenvalue weighted by Gasteiger charge is 2.02. The number of esters is 1. The highest BCUT2D eigenvalue weighted by atomic mass is 35.5. The highest BCUT2D eigenvalue weighted by Crippen LogP contribution is 2.01. The molecule has 0 heterocycles. The van der Waals surface area contributed by atoms with E-state index in [1.54, 1.807) is 0 Å². The van der Waals surface area contributed by atoms with Gasteiger partial charge in [-0.15, -0.1) is 11.6 Å². The van der Waals surface area contributed by atoms with Crippen LogP contribution in [0.1, 0.15) is 51.9 Å². The quantitative estimate of drug-likeness (QED) is 0.214. The van der Waals surface area contributed by atoms with Crippen molar-refractivity contribution in [2.75, 3.05) is 52.1 Å². The molecule has 0 aromatic carbocycles. The zero-order valence-electron chi connectivity index (χ0n) is 14.5. The van der Waals surface area contributed by atoms with Crippen molar-refractivity contribution in [1.29, 1.82) is 0 Å². The normalized spacial score (nSPS) is 10.9. The van der Waals surface area contributed by atoms with E-state index in [1.165, 1.54) is 12.8 Å². The van der Waals surface area contributed by atoms with Crippen LogP contribution in [0, 0.1) is 0 Å². The van der Waals surface area contributed by atoms with Gasteiger partial charge in [-0.25, -0.2) is 0 Å². The molecule has 0 rings (SSSR count). The summed E-state index contributed by atoms with van der Waals surface area (Å²) in [6.45, 7) is 6.06. The van der Waals surface area contributed by atoms with Crippen LogP contribution in [0.25, 0.3) is 0 Å². The third-order valence-corrected chi connectivity index (χ3v) is 3.32. The average Bonchev–Trinajstić information content (AvgIpc) is 2.55. The number of hydrogen-bond acceptors (Lipinski definition) is 5. The second-order valence-corrected chi connectivity index (χ2v) is 5.64. The Labute approximate surface area is 145 Å². The first-order chi connectivity index (χ1) is 11.3. The molecule has 0 aromatic rings. The Balaban J connectivity index is 3.10. The predicted octanol–water partition coefficient (Wildman–Crippen LogP) is 3.57. The van der Waals surface area contributed by atoms with Crippen molar-refractivity contribution in [3.05, 3.63) is 0 Å². The lowest BCUT2D eigenvalue weighted by Crippen LogP contribution is -2.12. The molecule has 0 N–H and O–H groups in total. The van der Waals surface area contributed by atoms with Crippen LogP contribution in [0.3, 0.4) is 0 Å². The molecule has 0 saturated heterocycles. The fourth-order valence-corrected chi connectivity index (χ4v) is 2.01. The van der Waals surface area contributed by atoms with Crippen molar-refractivity contribution < 1.29 is 23.7 Å². The molecule has 0 unspecified atom stereocenters. The van der Waals surface area contributed by atoms with Crippen molar-refractivity contribution in [2.45, 2.75) is 51.9 Å². The Morgan fingerprint density at radius 2 is 1.35 bits per heavy atom. The van der Waals surface area contributed by atoms with Crippen LogP contribution >= 0.6 is 11.6 Å². The molecule has 138 valence electrons. The van der Waals surface area contributed by atoms with E-state index in [0.29, 0.717) is 52.5 Å². The van der Waals surface area contributed by atoms with E-state index in [1.807, 2.05) is 6.92 Å². The van der Waals surface area contributed by atoms with E-state index in [2.05, 4.69) is 0 Å². The van der Waals surface area contributed by atoms with E-state index in [0.717, 1.165) is 31.7 Å². The van der Waals surface area contributed by atoms with Gasteiger partial charge in [-0.3, -0.25) is 4.79 Å². The smallest absolute Gasteiger partial charge is 0.305 e. The lowest BCUT2D eigenvalue weighted by molar-refractivity contribution is -0.145. The van der Waals surface area contributed by atoms with E-state index in [4.69, 9.17) is 30.5 Å². The Kier molecular flexibility index (Phi) is 19.4. The lowest BCUT2D eigenvalue weighted by atomic mass is 10.2. The molecular formula is C17H33ClO5. The number of hydrogen-bond donors (Lipinski definition) is 0. The van der Waals surface area contributed by atoms with E-state index in [-0.39, 0.29) is 5.97 Å². The van der Waals surface area contributed by atoms with Gasteiger partial charge in [-0.1, -0.05) is 19.8 Å². The van der Waals surface area contributed by atoms with Gasteiger partial charge in [-0.05, 0) is 25.7 Å². The number of carbonyl (C=O) groups excluding carboxylic acids is 1. The summed E-state index contributed by atoms with van der Waals surface area (Å²) in [5.41, 5.74) is 0. The molecule has 0 aromatic heterocycles. The molecule has 23 heavy (non-hydrogen) atoms. The van der Waals surface area contributed by atoms with Gasteiger partial charge < -0.3 is 18.9 Å². The highest BCUT2D eigenvalue weighted by molar-refractivity contribution is 6.17.